The van der Waals surface area contributed by atoms with Gasteiger partial charge in [0, 0.05) is 10.6 Å². The molecule has 1 N–H and O–H groups in total. The Bertz CT molecular complexity index is 555. The number of rotatable bonds is 3. The summed E-state index contributed by atoms with van der Waals surface area (Å²) in [6, 6.07) is 14.7. The van der Waals surface area contributed by atoms with E-state index in [0.717, 1.165) is 11.1 Å². The summed E-state index contributed by atoms with van der Waals surface area (Å²) in [7, 11) is 1.40. The van der Waals surface area contributed by atoms with E-state index in [9.17, 15) is 4.79 Å². The molecule has 4 heteroatoms. The van der Waals surface area contributed by atoms with Gasteiger partial charge in [-0.1, -0.05) is 41.9 Å². The summed E-state index contributed by atoms with van der Waals surface area (Å²) in [4.78, 5) is 16.5. The Balaban J connectivity index is 2.51. The van der Waals surface area contributed by atoms with Gasteiger partial charge in [-0.25, -0.2) is 5.48 Å². The molecule has 2 aromatic carbocycles. The summed E-state index contributed by atoms with van der Waals surface area (Å²) in [6.07, 6.45) is 0. The van der Waals surface area contributed by atoms with Crippen LogP contribution < -0.4 is 5.48 Å². The first-order chi connectivity index (χ1) is 8.72. The zero-order chi connectivity index (χ0) is 13.0. The number of nitrogens with one attached hydrogen (secondary N) is 1. The fourth-order valence-corrected chi connectivity index (χ4v) is 1.89. The molecule has 2 aromatic rings. The molecule has 0 unspecified atom stereocenters. The van der Waals surface area contributed by atoms with E-state index in [1.54, 1.807) is 18.2 Å². The van der Waals surface area contributed by atoms with Crippen LogP contribution >= 0.6 is 11.6 Å². The van der Waals surface area contributed by atoms with Crippen LogP contribution in [-0.2, 0) is 4.84 Å². The summed E-state index contributed by atoms with van der Waals surface area (Å²) >= 11 is 5.99. The Labute approximate surface area is 110 Å². The van der Waals surface area contributed by atoms with Crippen molar-refractivity contribution in [1.29, 1.82) is 0 Å². The minimum atomic E-state index is -0.298. The lowest BCUT2D eigenvalue weighted by Gasteiger charge is -2.09. The molecule has 1 amide bonds. The van der Waals surface area contributed by atoms with Gasteiger partial charge in [0.2, 0.25) is 0 Å². The molecule has 0 aromatic heterocycles. The maximum absolute atomic E-state index is 11.9. The predicted octanol–water partition coefficient (Wildman–Crippen LogP) is 3.30. The molecule has 0 bridgehead atoms. The second-order valence-corrected chi connectivity index (χ2v) is 4.13. The molecule has 92 valence electrons. The molecule has 0 fully saturated rings. The molecule has 0 aliphatic rings. The summed E-state index contributed by atoms with van der Waals surface area (Å²) in [6.45, 7) is 0. The number of hydrogen-bond acceptors (Lipinski definition) is 2. The van der Waals surface area contributed by atoms with Gasteiger partial charge in [0.25, 0.3) is 5.91 Å². The van der Waals surface area contributed by atoms with Gasteiger partial charge in [-0.05, 0) is 29.3 Å². The number of hydrogen-bond donors (Lipinski definition) is 1. The fraction of sp³-hybridized carbons (Fsp3) is 0.0714. The number of carbonyl (C=O) groups is 1. The topological polar surface area (TPSA) is 38.3 Å². The molecule has 0 saturated carbocycles. The van der Waals surface area contributed by atoms with Crippen LogP contribution in [0.3, 0.4) is 0 Å². The third kappa shape index (κ3) is 2.70. The van der Waals surface area contributed by atoms with Gasteiger partial charge >= 0.3 is 0 Å². The number of amides is 1. The number of benzene rings is 2. The van der Waals surface area contributed by atoms with E-state index in [4.69, 9.17) is 11.6 Å². The second-order valence-electron chi connectivity index (χ2n) is 3.69. The highest BCUT2D eigenvalue weighted by atomic mass is 35.5. The fourth-order valence-electron chi connectivity index (χ4n) is 1.72. The molecular weight excluding hydrogens is 250 g/mol. The predicted molar refractivity (Wildman–Crippen MR) is 71.4 cm³/mol. The van der Waals surface area contributed by atoms with Crippen molar-refractivity contribution in [1.82, 2.24) is 5.48 Å². The van der Waals surface area contributed by atoms with Crippen molar-refractivity contribution >= 4 is 17.5 Å². The third-order valence-electron chi connectivity index (χ3n) is 2.51. The summed E-state index contributed by atoms with van der Waals surface area (Å²) < 4.78 is 0. The van der Waals surface area contributed by atoms with Gasteiger partial charge in [-0.15, -0.1) is 0 Å². The Kier molecular flexibility index (Phi) is 3.97. The minimum Gasteiger partial charge on any atom is -0.277 e. The minimum absolute atomic E-state index is 0.298. The van der Waals surface area contributed by atoms with Crippen LogP contribution in [0.4, 0.5) is 0 Å². The average Bonchev–Trinajstić information content (AvgIpc) is 2.40. The zero-order valence-electron chi connectivity index (χ0n) is 9.81. The molecule has 0 spiro atoms. The molecular formula is C14H12ClNO2. The van der Waals surface area contributed by atoms with E-state index >= 15 is 0 Å². The highest BCUT2D eigenvalue weighted by Gasteiger charge is 2.12. The third-order valence-corrected chi connectivity index (χ3v) is 2.74. The highest BCUT2D eigenvalue weighted by Crippen LogP contribution is 2.26. The smallest absolute Gasteiger partial charge is 0.275 e. The van der Waals surface area contributed by atoms with Gasteiger partial charge in [0.15, 0.2) is 0 Å². The normalized spacial score (nSPS) is 10.1. The average molecular weight is 262 g/mol. The van der Waals surface area contributed by atoms with Crippen molar-refractivity contribution in [3.05, 3.63) is 59.1 Å². The van der Waals surface area contributed by atoms with Crippen LogP contribution in [0.1, 0.15) is 10.4 Å². The summed E-state index contributed by atoms with van der Waals surface area (Å²) in [5, 5.41) is 0.586. The van der Waals surface area contributed by atoms with Crippen LogP contribution in [-0.4, -0.2) is 13.0 Å². The van der Waals surface area contributed by atoms with Crippen molar-refractivity contribution in [2.75, 3.05) is 7.11 Å². The first kappa shape index (κ1) is 12.6. The van der Waals surface area contributed by atoms with Gasteiger partial charge in [0.1, 0.15) is 0 Å². The first-order valence-electron chi connectivity index (χ1n) is 5.40. The maximum atomic E-state index is 11.9. The lowest BCUT2D eigenvalue weighted by molar-refractivity contribution is 0.0538. The van der Waals surface area contributed by atoms with Gasteiger partial charge in [-0.2, -0.15) is 0 Å². The van der Waals surface area contributed by atoms with Crippen molar-refractivity contribution in [2.24, 2.45) is 0 Å². The zero-order valence-corrected chi connectivity index (χ0v) is 10.6. The Hall–Kier alpha value is -1.84. The quantitative estimate of drug-likeness (QED) is 0.861. The maximum Gasteiger partial charge on any atom is 0.275 e. The first-order valence-corrected chi connectivity index (χ1v) is 5.78. The molecule has 0 aliphatic heterocycles. The molecule has 0 atom stereocenters. The van der Waals surface area contributed by atoms with Crippen LogP contribution in [0.25, 0.3) is 11.1 Å². The van der Waals surface area contributed by atoms with Crippen molar-refractivity contribution < 1.29 is 9.63 Å². The lowest BCUT2D eigenvalue weighted by atomic mass is 9.99. The van der Waals surface area contributed by atoms with E-state index in [1.807, 2.05) is 30.3 Å². The summed E-state index contributed by atoms with van der Waals surface area (Å²) in [5.41, 5.74) is 4.54. The van der Waals surface area contributed by atoms with Gasteiger partial charge in [0.05, 0.1) is 7.11 Å². The Morgan fingerprint density at radius 1 is 1.17 bits per heavy atom. The Morgan fingerprint density at radius 3 is 2.56 bits per heavy atom. The largest absolute Gasteiger partial charge is 0.277 e. The number of halogens is 1. The van der Waals surface area contributed by atoms with Crippen LogP contribution in [0.2, 0.25) is 5.02 Å². The van der Waals surface area contributed by atoms with E-state index in [1.165, 1.54) is 7.11 Å². The standard InChI is InChI=1S/C14H12ClNO2/c1-18-16-14(17)12-8-7-11(15)9-13(12)10-5-3-2-4-6-10/h2-9H,1H3,(H,16,17). The molecule has 0 saturated heterocycles. The SMILES string of the molecule is CONC(=O)c1ccc(Cl)cc1-c1ccccc1. The molecule has 0 aliphatic carbocycles. The molecule has 0 radical (unpaired) electrons. The van der Waals surface area contributed by atoms with Gasteiger partial charge in [-0.3, -0.25) is 9.63 Å². The molecule has 18 heavy (non-hydrogen) atoms. The van der Waals surface area contributed by atoms with Crippen molar-refractivity contribution in [3.63, 3.8) is 0 Å². The monoisotopic (exact) mass is 261 g/mol. The van der Waals surface area contributed by atoms with Crippen LogP contribution in [0.15, 0.2) is 48.5 Å². The van der Waals surface area contributed by atoms with Gasteiger partial charge < -0.3 is 0 Å². The number of carbonyl (C=O) groups excluding carboxylic acids is 1. The Morgan fingerprint density at radius 2 is 1.89 bits per heavy atom. The molecule has 3 nitrogen and oxygen atoms in total. The van der Waals surface area contributed by atoms with E-state index in [-0.39, 0.29) is 5.91 Å². The second kappa shape index (κ2) is 5.67. The van der Waals surface area contributed by atoms with Crippen LogP contribution in [0.5, 0.6) is 0 Å². The van der Waals surface area contributed by atoms with E-state index < -0.39 is 0 Å². The van der Waals surface area contributed by atoms with Crippen molar-refractivity contribution in [2.45, 2.75) is 0 Å². The number of hydroxylamine groups is 1. The lowest BCUT2D eigenvalue weighted by Crippen LogP contribution is -2.22. The molecule has 2 rings (SSSR count). The van der Waals surface area contributed by atoms with E-state index in [0.29, 0.717) is 10.6 Å². The van der Waals surface area contributed by atoms with Crippen LogP contribution in [0, 0.1) is 0 Å². The highest BCUT2D eigenvalue weighted by molar-refractivity contribution is 6.31. The van der Waals surface area contributed by atoms with E-state index in [2.05, 4.69) is 10.3 Å². The van der Waals surface area contributed by atoms with Crippen molar-refractivity contribution in [3.8, 4) is 11.1 Å². The molecule has 0 heterocycles. The summed E-state index contributed by atoms with van der Waals surface area (Å²) in [5.74, 6) is -0.298.